The Morgan fingerprint density at radius 2 is 2.03 bits per heavy atom. The third-order valence-electron chi connectivity index (χ3n) is 4.65. The molecule has 8 nitrogen and oxygen atoms in total. The van der Waals surface area contributed by atoms with Crippen LogP contribution in [0.15, 0.2) is 27.4 Å². The number of carbonyl (C=O) groups is 1. The fourth-order valence-electron chi connectivity index (χ4n) is 3.14. The molecule has 2 aromatic rings. The summed E-state index contributed by atoms with van der Waals surface area (Å²) >= 11 is 2.78. The summed E-state index contributed by atoms with van der Waals surface area (Å²) in [5.41, 5.74) is 0.683. The molecule has 29 heavy (non-hydrogen) atoms. The average Bonchev–Trinajstić information content (AvgIpc) is 3.20. The zero-order chi connectivity index (χ0) is 20.9. The maximum absolute atomic E-state index is 12.9. The van der Waals surface area contributed by atoms with Crippen molar-refractivity contribution in [3.63, 3.8) is 0 Å². The Bertz CT molecular complexity index is 956. The van der Waals surface area contributed by atoms with Gasteiger partial charge in [0.2, 0.25) is 21.1 Å². The third kappa shape index (κ3) is 5.47. The molecule has 0 saturated carbocycles. The van der Waals surface area contributed by atoms with Crippen LogP contribution in [0.1, 0.15) is 31.2 Å². The van der Waals surface area contributed by atoms with Crippen LogP contribution in [0.4, 0.5) is 5.13 Å². The second kappa shape index (κ2) is 9.88. The summed E-state index contributed by atoms with van der Waals surface area (Å²) in [7, 11) is -2.01. The molecule has 2 heterocycles. The minimum absolute atomic E-state index is 0.178. The number of amides is 1. The minimum atomic E-state index is -3.54. The number of benzene rings is 1. The Morgan fingerprint density at radius 3 is 2.69 bits per heavy atom. The molecule has 1 fully saturated rings. The predicted octanol–water partition coefficient (Wildman–Crippen LogP) is 3.01. The van der Waals surface area contributed by atoms with Gasteiger partial charge in [-0.2, -0.15) is 4.31 Å². The second-order valence-corrected chi connectivity index (χ2v) is 10.5. The SMILES string of the molecule is COc1ccc(S(=O)(=O)N2CCCCC2)cc1CCC(=O)Nc1nnc(SC)s1. The highest BCUT2D eigenvalue weighted by atomic mass is 32.2. The Balaban J connectivity index is 1.70. The van der Waals surface area contributed by atoms with Crippen molar-refractivity contribution in [2.75, 3.05) is 31.8 Å². The topological polar surface area (TPSA) is 101 Å². The summed E-state index contributed by atoms with van der Waals surface area (Å²) in [5, 5.41) is 11.0. The van der Waals surface area contributed by atoms with Gasteiger partial charge in [-0.15, -0.1) is 10.2 Å². The van der Waals surface area contributed by atoms with Crippen molar-refractivity contribution in [3.05, 3.63) is 23.8 Å². The van der Waals surface area contributed by atoms with Crippen LogP contribution >= 0.6 is 23.1 Å². The first-order chi connectivity index (χ1) is 13.9. The van der Waals surface area contributed by atoms with E-state index in [9.17, 15) is 13.2 Å². The lowest BCUT2D eigenvalue weighted by atomic mass is 10.1. The van der Waals surface area contributed by atoms with Gasteiger partial charge in [0.15, 0.2) is 4.34 Å². The Kier molecular flexibility index (Phi) is 7.49. The molecule has 0 unspecified atom stereocenters. The van der Waals surface area contributed by atoms with Crippen molar-refractivity contribution in [2.45, 2.75) is 41.3 Å². The summed E-state index contributed by atoms with van der Waals surface area (Å²) in [6.07, 6.45) is 5.24. The monoisotopic (exact) mass is 456 g/mol. The van der Waals surface area contributed by atoms with E-state index in [-0.39, 0.29) is 17.2 Å². The van der Waals surface area contributed by atoms with Gasteiger partial charge in [-0.1, -0.05) is 29.5 Å². The van der Waals surface area contributed by atoms with E-state index in [1.165, 1.54) is 34.5 Å². The van der Waals surface area contributed by atoms with Crippen LogP contribution in [0.3, 0.4) is 0 Å². The van der Waals surface area contributed by atoms with Gasteiger partial charge >= 0.3 is 0 Å². The first-order valence-corrected chi connectivity index (χ1v) is 12.8. The molecule has 3 rings (SSSR count). The lowest BCUT2D eigenvalue weighted by Crippen LogP contribution is -2.35. The van der Waals surface area contributed by atoms with E-state index in [0.717, 1.165) is 23.6 Å². The van der Waals surface area contributed by atoms with E-state index in [1.807, 2.05) is 6.26 Å². The molecule has 0 atom stereocenters. The molecule has 0 aliphatic carbocycles. The van der Waals surface area contributed by atoms with Crippen LogP contribution in [0.5, 0.6) is 5.75 Å². The summed E-state index contributed by atoms with van der Waals surface area (Å²) < 4.78 is 33.6. The van der Waals surface area contributed by atoms with Crippen molar-refractivity contribution in [1.29, 1.82) is 0 Å². The lowest BCUT2D eigenvalue weighted by Gasteiger charge is -2.26. The number of hydrogen-bond acceptors (Lipinski definition) is 8. The third-order valence-corrected chi connectivity index (χ3v) is 8.36. The van der Waals surface area contributed by atoms with Crippen molar-refractivity contribution >= 4 is 44.2 Å². The molecule has 11 heteroatoms. The second-order valence-electron chi connectivity index (χ2n) is 6.56. The smallest absolute Gasteiger partial charge is 0.243 e. The predicted molar refractivity (Wildman–Crippen MR) is 114 cm³/mol. The van der Waals surface area contributed by atoms with Crippen molar-refractivity contribution in [1.82, 2.24) is 14.5 Å². The van der Waals surface area contributed by atoms with Crippen molar-refractivity contribution < 1.29 is 17.9 Å². The Morgan fingerprint density at radius 1 is 1.28 bits per heavy atom. The van der Waals surface area contributed by atoms with Gasteiger partial charge in [-0.25, -0.2) is 8.42 Å². The first-order valence-electron chi connectivity index (χ1n) is 9.28. The van der Waals surface area contributed by atoms with Crippen LogP contribution in [0, 0.1) is 0 Å². The molecule has 158 valence electrons. The molecular weight excluding hydrogens is 432 g/mol. The number of nitrogens with one attached hydrogen (secondary N) is 1. The first kappa shape index (κ1) is 22.0. The largest absolute Gasteiger partial charge is 0.496 e. The highest BCUT2D eigenvalue weighted by Gasteiger charge is 2.26. The van der Waals surface area contributed by atoms with Crippen molar-refractivity contribution in [3.8, 4) is 5.75 Å². The summed E-state index contributed by atoms with van der Waals surface area (Å²) in [6.45, 7) is 1.10. The normalized spacial score (nSPS) is 15.2. The molecular formula is C18H24N4O4S3. The van der Waals surface area contributed by atoms with Gasteiger partial charge in [0, 0.05) is 19.5 Å². The standard InChI is InChI=1S/C18H24N4O4S3/c1-26-15-8-7-14(29(24,25)22-10-4-3-5-11-22)12-13(15)6-9-16(23)19-17-20-21-18(27-2)28-17/h7-8,12H,3-6,9-11H2,1-2H3,(H,19,20,23). The quantitative estimate of drug-likeness (QED) is 0.481. The van der Waals surface area contributed by atoms with Crippen LogP contribution in [-0.2, 0) is 21.2 Å². The summed E-state index contributed by atoms with van der Waals surface area (Å²) in [4.78, 5) is 12.5. The van der Waals surface area contributed by atoms with Crippen molar-refractivity contribution in [2.24, 2.45) is 0 Å². The molecule has 1 saturated heterocycles. The van der Waals surface area contributed by atoms with Gasteiger partial charge < -0.3 is 10.1 Å². The highest BCUT2D eigenvalue weighted by Crippen LogP contribution is 2.28. The number of piperidine rings is 1. The van der Waals surface area contributed by atoms with E-state index in [2.05, 4.69) is 15.5 Å². The minimum Gasteiger partial charge on any atom is -0.496 e. The number of anilines is 1. The van der Waals surface area contributed by atoms with Crippen LogP contribution in [0.2, 0.25) is 0 Å². The zero-order valence-corrected chi connectivity index (χ0v) is 18.8. The number of hydrogen-bond donors (Lipinski definition) is 1. The fourth-order valence-corrected chi connectivity index (χ4v) is 5.89. The number of thioether (sulfide) groups is 1. The van der Waals surface area contributed by atoms with Gasteiger partial charge in [-0.05, 0) is 49.3 Å². The van der Waals surface area contributed by atoms with Gasteiger partial charge in [0.25, 0.3) is 0 Å². The van der Waals surface area contributed by atoms with Crippen LogP contribution in [0.25, 0.3) is 0 Å². The maximum Gasteiger partial charge on any atom is 0.243 e. The van der Waals surface area contributed by atoms with E-state index in [4.69, 9.17) is 4.74 Å². The fraction of sp³-hybridized carbons (Fsp3) is 0.500. The number of rotatable bonds is 8. The maximum atomic E-state index is 12.9. The number of aromatic nitrogens is 2. The highest BCUT2D eigenvalue weighted by molar-refractivity contribution is 8.00. The number of nitrogens with zero attached hydrogens (tertiary/aromatic N) is 3. The number of aryl methyl sites for hydroxylation is 1. The van der Waals surface area contributed by atoms with E-state index in [1.54, 1.807) is 18.2 Å². The molecule has 1 aromatic carbocycles. The Hall–Kier alpha value is -1.69. The molecule has 0 spiro atoms. The van der Waals surface area contributed by atoms with Gasteiger partial charge in [-0.3, -0.25) is 4.79 Å². The molecule has 1 aliphatic heterocycles. The van der Waals surface area contributed by atoms with Gasteiger partial charge in [0.1, 0.15) is 5.75 Å². The number of carbonyl (C=O) groups excluding carboxylic acids is 1. The summed E-state index contributed by atoms with van der Waals surface area (Å²) in [5.74, 6) is 0.358. The summed E-state index contributed by atoms with van der Waals surface area (Å²) in [6, 6.07) is 4.84. The molecule has 1 N–H and O–H groups in total. The van der Waals surface area contributed by atoms with E-state index >= 15 is 0 Å². The molecule has 1 aromatic heterocycles. The zero-order valence-electron chi connectivity index (χ0n) is 16.4. The Labute approximate surface area is 179 Å². The molecule has 0 bridgehead atoms. The van der Waals surface area contributed by atoms with Gasteiger partial charge in [0.05, 0.1) is 12.0 Å². The number of methoxy groups -OCH3 is 1. The molecule has 0 radical (unpaired) electrons. The average molecular weight is 457 g/mol. The van der Waals surface area contributed by atoms with E-state index in [0.29, 0.717) is 36.0 Å². The molecule has 1 amide bonds. The van der Waals surface area contributed by atoms with Crippen LogP contribution in [-0.4, -0.2) is 55.3 Å². The van der Waals surface area contributed by atoms with E-state index < -0.39 is 10.0 Å². The lowest BCUT2D eigenvalue weighted by molar-refractivity contribution is -0.116. The van der Waals surface area contributed by atoms with Crippen LogP contribution < -0.4 is 10.1 Å². The molecule has 1 aliphatic rings. The number of ether oxygens (including phenoxy) is 1. The number of sulfonamides is 1.